The lowest BCUT2D eigenvalue weighted by Crippen LogP contribution is -2.37. The Balaban J connectivity index is 1.73. The summed E-state index contributed by atoms with van der Waals surface area (Å²) in [5.41, 5.74) is 3.24. The summed E-state index contributed by atoms with van der Waals surface area (Å²) in [6.45, 7) is 13.4. The monoisotopic (exact) mass is 338 g/mol. The van der Waals surface area contributed by atoms with Gasteiger partial charge >= 0.3 is 0 Å². The highest BCUT2D eigenvalue weighted by molar-refractivity contribution is 5.15. The second-order valence-corrected chi connectivity index (χ2v) is 8.68. The maximum absolute atomic E-state index is 3.63. The van der Waals surface area contributed by atoms with E-state index in [0.29, 0.717) is 0 Å². The minimum Gasteiger partial charge on any atom is -0.312 e. The van der Waals surface area contributed by atoms with Crippen LogP contribution in [0, 0.1) is 10.8 Å². The molecule has 2 rings (SSSR count). The van der Waals surface area contributed by atoms with Gasteiger partial charge in [-0.05, 0) is 28.4 Å². The van der Waals surface area contributed by atoms with E-state index in [-0.39, 0.29) is 10.8 Å². The standard InChI is InChI=1S/C23H34N2/c1-22(2,18-24-15-20-11-7-5-8-12-20)17-23(3,4)19-25-16-21-13-9-6-10-14-21/h5-14,24-25H,15-19H2,1-4H3. The van der Waals surface area contributed by atoms with Crippen LogP contribution < -0.4 is 10.6 Å². The molecule has 0 unspecified atom stereocenters. The number of hydrogen-bond donors (Lipinski definition) is 2. The van der Waals surface area contributed by atoms with Crippen LogP contribution in [0.1, 0.15) is 45.2 Å². The predicted octanol–water partition coefficient (Wildman–Crippen LogP) is 5.01. The summed E-state index contributed by atoms with van der Waals surface area (Å²) >= 11 is 0. The summed E-state index contributed by atoms with van der Waals surface area (Å²) in [5, 5.41) is 7.25. The molecule has 2 N–H and O–H groups in total. The van der Waals surface area contributed by atoms with Crippen LogP contribution in [0.15, 0.2) is 60.7 Å². The van der Waals surface area contributed by atoms with E-state index in [1.165, 1.54) is 17.5 Å². The van der Waals surface area contributed by atoms with E-state index in [0.717, 1.165) is 26.2 Å². The Morgan fingerprint density at radius 3 is 1.32 bits per heavy atom. The lowest BCUT2D eigenvalue weighted by atomic mass is 9.75. The fourth-order valence-electron chi connectivity index (χ4n) is 3.70. The SMILES string of the molecule is CC(C)(CNCc1ccccc1)CC(C)(C)CNCc1ccccc1. The second kappa shape index (κ2) is 9.17. The van der Waals surface area contributed by atoms with Gasteiger partial charge in [-0.3, -0.25) is 0 Å². The summed E-state index contributed by atoms with van der Waals surface area (Å²) in [5.74, 6) is 0. The molecule has 2 nitrogen and oxygen atoms in total. The Labute approximate surface area is 154 Å². The van der Waals surface area contributed by atoms with E-state index >= 15 is 0 Å². The zero-order valence-corrected chi connectivity index (χ0v) is 16.3. The first kappa shape index (κ1) is 19.7. The Kier molecular flexibility index (Phi) is 7.22. The topological polar surface area (TPSA) is 24.1 Å². The fraction of sp³-hybridized carbons (Fsp3) is 0.478. The first-order valence-corrected chi connectivity index (χ1v) is 9.36. The third-order valence-corrected chi connectivity index (χ3v) is 4.51. The van der Waals surface area contributed by atoms with Crippen molar-refractivity contribution >= 4 is 0 Å². The molecule has 25 heavy (non-hydrogen) atoms. The predicted molar refractivity (Wildman–Crippen MR) is 108 cm³/mol. The van der Waals surface area contributed by atoms with Crippen molar-refractivity contribution in [2.24, 2.45) is 10.8 Å². The largest absolute Gasteiger partial charge is 0.312 e. The molecule has 2 aromatic carbocycles. The van der Waals surface area contributed by atoms with Crippen molar-refractivity contribution in [1.82, 2.24) is 10.6 Å². The van der Waals surface area contributed by atoms with Gasteiger partial charge in [0.2, 0.25) is 0 Å². The van der Waals surface area contributed by atoms with Crippen LogP contribution in [0.3, 0.4) is 0 Å². The molecule has 0 atom stereocenters. The van der Waals surface area contributed by atoms with Crippen LogP contribution >= 0.6 is 0 Å². The fourth-order valence-corrected chi connectivity index (χ4v) is 3.70. The summed E-state index contributed by atoms with van der Waals surface area (Å²) in [4.78, 5) is 0. The molecule has 0 radical (unpaired) electrons. The Morgan fingerprint density at radius 1 is 0.600 bits per heavy atom. The van der Waals surface area contributed by atoms with E-state index in [1.807, 2.05) is 0 Å². The minimum atomic E-state index is 0.271. The van der Waals surface area contributed by atoms with Crippen LogP contribution in [0.2, 0.25) is 0 Å². The quantitative estimate of drug-likeness (QED) is 0.636. The lowest BCUT2D eigenvalue weighted by molar-refractivity contribution is 0.184. The van der Waals surface area contributed by atoms with Crippen molar-refractivity contribution in [3.05, 3.63) is 71.8 Å². The average molecular weight is 339 g/mol. The van der Waals surface area contributed by atoms with Crippen molar-refractivity contribution in [1.29, 1.82) is 0 Å². The van der Waals surface area contributed by atoms with Gasteiger partial charge in [-0.25, -0.2) is 0 Å². The molecule has 0 saturated heterocycles. The number of nitrogens with one attached hydrogen (secondary N) is 2. The molecule has 0 aromatic heterocycles. The molecular weight excluding hydrogens is 304 g/mol. The van der Waals surface area contributed by atoms with Gasteiger partial charge in [-0.2, -0.15) is 0 Å². The molecule has 136 valence electrons. The zero-order valence-electron chi connectivity index (χ0n) is 16.3. The van der Waals surface area contributed by atoms with E-state index in [9.17, 15) is 0 Å². The van der Waals surface area contributed by atoms with Gasteiger partial charge in [-0.15, -0.1) is 0 Å². The van der Waals surface area contributed by atoms with Crippen molar-refractivity contribution in [3.8, 4) is 0 Å². The maximum Gasteiger partial charge on any atom is 0.0205 e. The van der Waals surface area contributed by atoms with Gasteiger partial charge < -0.3 is 10.6 Å². The smallest absolute Gasteiger partial charge is 0.0205 e. The van der Waals surface area contributed by atoms with Gasteiger partial charge in [0.05, 0.1) is 0 Å². The summed E-state index contributed by atoms with van der Waals surface area (Å²) in [6, 6.07) is 21.3. The highest BCUT2D eigenvalue weighted by atomic mass is 14.9. The van der Waals surface area contributed by atoms with Crippen molar-refractivity contribution in [2.45, 2.75) is 47.2 Å². The third kappa shape index (κ3) is 7.85. The number of rotatable bonds is 10. The maximum atomic E-state index is 3.63. The van der Waals surface area contributed by atoms with Gasteiger partial charge in [-0.1, -0.05) is 88.4 Å². The first-order chi connectivity index (χ1) is 11.9. The molecule has 0 aliphatic heterocycles. The molecule has 2 aromatic rings. The average Bonchev–Trinajstić information content (AvgIpc) is 2.55. The van der Waals surface area contributed by atoms with Gasteiger partial charge in [0.1, 0.15) is 0 Å². The molecular formula is C23H34N2. The van der Waals surface area contributed by atoms with Crippen LogP contribution in [-0.2, 0) is 13.1 Å². The summed E-state index contributed by atoms with van der Waals surface area (Å²) in [7, 11) is 0. The van der Waals surface area contributed by atoms with Crippen molar-refractivity contribution in [3.63, 3.8) is 0 Å². The van der Waals surface area contributed by atoms with E-state index in [1.54, 1.807) is 0 Å². The van der Waals surface area contributed by atoms with Crippen molar-refractivity contribution < 1.29 is 0 Å². The molecule has 0 aliphatic carbocycles. The third-order valence-electron chi connectivity index (χ3n) is 4.51. The van der Waals surface area contributed by atoms with E-state index in [4.69, 9.17) is 0 Å². The molecule has 2 heteroatoms. The van der Waals surface area contributed by atoms with Crippen molar-refractivity contribution in [2.75, 3.05) is 13.1 Å². The Morgan fingerprint density at radius 2 is 0.960 bits per heavy atom. The van der Waals surface area contributed by atoms with Crippen LogP contribution in [0.25, 0.3) is 0 Å². The summed E-state index contributed by atoms with van der Waals surface area (Å²) in [6.07, 6.45) is 1.18. The van der Waals surface area contributed by atoms with Gasteiger partial charge in [0.25, 0.3) is 0 Å². The Hall–Kier alpha value is -1.64. The molecule has 0 amide bonds. The van der Waals surface area contributed by atoms with Crippen LogP contribution in [0.4, 0.5) is 0 Å². The first-order valence-electron chi connectivity index (χ1n) is 9.36. The van der Waals surface area contributed by atoms with E-state index < -0.39 is 0 Å². The highest BCUT2D eigenvalue weighted by Crippen LogP contribution is 2.32. The Bertz CT molecular complexity index is 547. The summed E-state index contributed by atoms with van der Waals surface area (Å²) < 4.78 is 0. The molecule has 0 fully saturated rings. The molecule has 0 spiro atoms. The lowest BCUT2D eigenvalue weighted by Gasteiger charge is -2.35. The van der Waals surface area contributed by atoms with Crippen LogP contribution in [0.5, 0.6) is 0 Å². The van der Waals surface area contributed by atoms with E-state index in [2.05, 4.69) is 99.0 Å². The second-order valence-electron chi connectivity index (χ2n) is 8.68. The highest BCUT2D eigenvalue weighted by Gasteiger charge is 2.28. The molecule has 0 bridgehead atoms. The number of benzene rings is 2. The molecule has 0 aliphatic rings. The van der Waals surface area contributed by atoms with Gasteiger partial charge in [0.15, 0.2) is 0 Å². The zero-order chi connectivity index (χ0) is 18.2. The van der Waals surface area contributed by atoms with Gasteiger partial charge in [0, 0.05) is 26.2 Å². The minimum absolute atomic E-state index is 0.271. The number of hydrogen-bond acceptors (Lipinski definition) is 2. The molecule has 0 saturated carbocycles. The van der Waals surface area contributed by atoms with Crippen LogP contribution in [-0.4, -0.2) is 13.1 Å². The molecule has 0 heterocycles. The normalized spacial score (nSPS) is 12.3.